The fraction of sp³-hybridized carbons (Fsp3) is 0. The van der Waals surface area contributed by atoms with E-state index in [0.717, 1.165) is 0 Å². The summed E-state index contributed by atoms with van der Waals surface area (Å²) in [6, 6.07) is 0. The molecule has 0 saturated heterocycles. The van der Waals surface area contributed by atoms with E-state index in [4.69, 9.17) is 9.13 Å². The van der Waals surface area contributed by atoms with Gasteiger partial charge in [-0.05, 0) is 0 Å². The Morgan fingerprint density at radius 3 is 1.20 bits per heavy atom. The number of rotatable bonds is 0. The van der Waals surface area contributed by atoms with E-state index in [9.17, 15) is 0 Å². The summed E-state index contributed by atoms with van der Waals surface area (Å²) in [6.45, 7) is 0. The van der Waals surface area contributed by atoms with Gasteiger partial charge in [0.2, 0.25) is 0 Å². The third kappa shape index (κ3) is 21.2. The first-order valence-corrected chi connectivity index (χ1v) is 1.22. The maximum Gasteiger partial charge on any atom is 0.303 e. The maximum atomic E-state index is 8.40. The second-order valence-electron chi connectivity index (χ2n) is 0.0833. The van der Waals surface area contributed by atoms with Crippen LogP contribution in [-0.2, 0) is 9.13 Å². The van der Waals surface area contributed by atoms with Crippen LogP contribution in [0.3, 0.4) is 0 Å². The monoisotopic (exact) mass is 343 g/mol. The molecular weight excluding hydrogens is 342 g/mol. The zero-order valence-electron chi connectivity index (χ0n) is 2.39. The van der Waals surface area contributed by atoms with Crippen molar-refractivity contribution < 1.29 is 86.5 Å². The van der Waals surface area contributed by atoms with Crippen molar-refractivity contribution in [3.63, 3.8) is 0 Å². The molecule has 1 radical (unpaired) electrons. The van der Waals surface area contributed by atoms with Crippen LogP contribution in [0.2, 0.25) is 0 Å². The van der Waals surface area contributed by atoms with Gasteiger partial charge in [-0.1, -0.05) is 0 Å². The fourth-order valence-corrected chi connectivity index (χ4v) is 0. The van der Waals surface area contributed by atoms with Gasteiger partial charge in [-0.3, -0.25) is 0 Å². The molecule has 0 fully saturated rings. The van der Waals surface area contributed by atoms with Crippen LogP contribution >= 0.6 is 8.34 Å². The second kappa shape index (κ2) is 16.1. The predicted molar refractivity (Wildman–Crippen MR) is 9.69 cm³/mol. The summed E-state index contributed by atoms with van der Waals surface area (Å²) < 4.78 is 16.8. The molecular formula is HCeLaO2P. The Morgan fingerprint density at radius 1 is 1.20 bits per heavy atom. The van der Waals surface area contributed by atoms with Crippen molar-refractivity contribution in [1.82, 2.24) is 0 Å². The largest absolute Gasteiger partial charge is 0.303 e. The zero-order chi connectivity index (χ0) is 2.71. The SMILES string of the molecule is O=[PH]=O.[Ce].[La]. The van der Waals surface area contributed by atoms with Crippen LogP contribution in [-0.4, -0.2) is 0 Å². The van der Waals surface area contributed by atoms with Crippen molar-refractivity contribution in [2.75, 3.05) is 0 Å². The van der Waals surface area contributed by atoms with E-state index in [2.05, 4.69) is 0 Å². The van der Waals surface area contributed by atoms with Gasteiger partial charge < -0.3 is 0 Å². The Kier molecular flexibility index (Phi) is 50.3. The molecule has 0 saturated carbocycles. The minimum atomic E-state index is -1.42. The summed E-state index contributed by atoms with van der Waals surface area (Å²) >= 11 is 0. The maximum absolute atomic E-state index is 8.40. The third-order valence-electron chi connectivity index (χ3n) is 0. The molecule has 0 aromatic rings. The third-order valence-corrected chi connectivity index (χ3v) is 0. The summed E-state index contributed by atoms with van der Waals surface area (Å²) in [7, 11) is -1.42. The molecule has 25 valence electrons. The van der Waals surface area contributed by atoms with Crippen LogP contribution in [0.25, 0.3) is 0 Å². The van der Waals surface area contributed by atoms with E-state index in [0.29, 0.717) is 0 Å². The minimum absolute atomic E-state index is 0. The Morgan fingerprint density at radius 2 is 1.20 bits per heavy atom. The van der Waals surface area contributed by atoms with Gasteiger partial charge in [0.15, 0.2) is 0 Å². The first-order valence-electron chi connectivity index (χ1n) is 0.408. The van der Waals surface area contributed by atoms with Crippen LogP contribution in [0.5, 0.6) is 0 Å². The van der Waals surface area contributed by atoms with E-state index in [1.54, 1.807) is 0 Å². The van der Waals surface area contributed by atoms with Gasteiger partial charge in [0.25, 0.3) is 0 Å². The molecule has 0 unspecified atom stereocenters. The first-order chi connectivity index (χ1) is 1.41. The molecule has 0 aliphatic heterocycles. The van der Waals surface area contributed by atoms with Crippen LogP contribution in [0, 0.1) is 77.3 Å². The quantitative estimate of drug-likeness (QED) is 0.596. The number of hydrogen-bond donors (Lipinski definition) is 0. The molecule has 5 heteroatoms. The molecule has 0 aliphatic carbocycles. The summed E-state index contributed by atoms with van der Waals surface area (Å²) in [6.07, 6.45) is 0. The Balaban J connectivity index is -0.0000000200. The second-order valence-corrected chi connectivity index (χ2v) is 0.250. The van der Waals surface area contributed by atoms with Crippen LogP contribution in [0.1, 0.15) is 0 Å². The van der Waals surface area contributed by atoms with Crippen molar-refractivity contribution in [3.05, 3.63) is 0 Å². The Labute approximate surface area is 92.7 Å². The van der Waals surface area contributed by atoms with Crippen LogP contribution in [0.4, 0.5) is 0 Å². The molecule has 0 atom stereocenters. The average Bonchev–Trinajstić information content (AvgIpc) is 0.918. The first kappa shape index (κ1) is 15.6. The van der Waals surface area contributed by atoms with Gasteiger partial charge >= 0.3 is 8.34 Å². The van der Waals surface area contributed by atoms with E-state index in [1.165, 1.54) is 0 Å². The molecule has 0 amide bonds. The van der Waals surface area contributed by atoms with Gasteiger partial charge in [0.05, 0.1) is 0 Å². The van der Waals surface area contributed by atoms with Crippen molar-refractivity contribution in [3.8, 4) is 0 Å². The molecule has 2 nitrogen and oxygen atoms in total. The van der Waals surface area contributed by atoms with Gasteiger partial charge in [0.1, 0.15) is 0 Å². The predicted octanol–water partition coefficient (Wildman–Crippen LogP) is 0.356. The fourth-order valence-electron chi connectivity index (χ4n) is 0. The molecule has 0 aromatic carbocycles. The number of hydrogen-bond acceptors (Lipinski definition) is 2. The van der Waals surface area contributed by atoms with Gasteiger partial charge in [0, 0.05) is 77.3 Å². The van der Waals surface area contributed by atoms with Crippen molar-refractivity contribution >= 4 is 8.34 Å². The summed E-state index contributed by atoms with van der Waals surface area (Å²) in [5.41, 5.74) is 0. The molecule has 0 spiro atoms. The van der Waals surface area contributed by atoms with E-state index >= 15 is 0 Å². The Bertz CT molecular complexity index is 30.6. The van der Waals surface area contributed by atoms with Gasteiger partial charge in [-0.25, -0.2) is 9.13 Å². The van der Waals surface area contributed by atoms with E-state index in [1.807, 2.05) is 0 Å². The molecule has 5 heavy (non-hydrogen) atoms. The standard InChI is InChI=1S/Ce.La.HO2P/c;;1-3-2/h;;3H. The van der Waals surface area contributed by atoms with Crippen LogP contribution in [0.15, 0.2) is 0 Å². The molecule has 0 aliphatic rings. The van der Waals surface area contributed by atoms with Crippen molar-refractivity contribution in [1.29, 1.82) is 0 Å². The molecule has 0 aromatic heterocycles. The minimum Gasteiger partial charge on any atom is -0.241 e. The summed E-state index contributed by atoms with van der Waals surface area (Å²) in [5, 5.41) is 0. The average molecular weight is 343 g/mol. The van der Waals surface area contributed by atoms with Crippen LogP contribution < -0.4 is 0 Å². The zero-order valence-corrected chi connectivity index (χ0v) is 10.2. The molecule has 0 bridgehead atoms. The smallest absolute Gasteiger partial charge is 0.241 e. The normalized spacial score (nSPS) is 2.40. The Hall–Kier alpha value is 2.47. The van der Waals surface area contributed by atoms with Crippen molar-refractivity contribution in [2.24, 2.45) is 0 Å². The van der Waals surface area contributed by atoms with Gasteiger partial charge in [-0.2, -0.15) is 0 Å². The molecule has 0 rings (SSSR count). The summed E-state index contributed by atoms with van der Waals surface area (Å²) in [5.74, 6) is 0. The topological polar surface area (TPSA) is 34.1 Å². The molecule has 0 N–H and O–H groups in total. The van der Waals surface area contributed by atoms with E-state index < -0.39 is 8.34 Å². The molecule has 0 heterocycles. The van der Waals surface area contributed by atoms with E-state index in [-0.39, 0.29) is 77.3 Å². The van der Waals surface area contributed by atoms with Crippen molar-refractivity contribution in [2.45, 2.75) is 0 Å². The summed E-state index contributed by atoms with van der Waals surface area (Å²) in [4.78, 5) is 0. The van der Waals surface area contributed by atoms with Gasteiger partial charge in [-0.15, -0.1) is 0 Å².